The molecule has 2 aromatic rings. The number of benzene rings is 1. The first-order valence-electron chi connectivity index (χ1n) is 7.12. The van der Waals surface area contributed by atoms with Gasteiger partial charge in [0.05, 0.1) is 10.9 Å². The molecule has 0 saturated carbocycles. The molecule has 2 heterocycles. The molecule has 1 aromatic carbocycles. The Kier molecular flexibility index (Phi) is 3.90. The van der Waals surface area contributed by atoms with Gasteiger partial charge in [0.15, 0.2) is 0 Å². The predicted octanol–water partition coefficient (Wildman–Crippen LogP) is 3.89. The second kappa shape index (κ2) is 5.55. The lowest BCUT2D eigenvalue weighted by molar-refractivity contribution is 0.400. The first-order valence-corrected chi connectivity index (χ1v) is 9.44. The summed E-state index contributed by atoms with van der Waals surface area (Å²) in [7, 11) is -3.43. The summed E-state index contributed by atoms with van der Waals surface area (Å²) >= 11 is 1.64. The van der Waals surface area contributed by atoms with Gasteiger partial charge in [0.1, 0.15) is 0 Å². The average molecular weight is 321 g/mol. The molecule has 1 aromatic heterocycles. The number of nitrogens with zero attached hydrogens (tertiary/aromatic N) is 1. The molecule has 112 valence electrons. The third-order valence-electron chi connectivity index (χ3n) is 4.01. The Morgan fingerprint density at radius 3 is 2.76 bits per heavy atom. The van der Waals surface area contributed by atoms with Crippen LogP contribution in [0, 0.1) is 13.8 Å². The molecule has 0 amide bonds. The summed E-state index contributed by atoms with van der Waals surface area (Å²) in [6.07, 6.45) is 1.83. The van der Waals surface area contributed by atoms with Gasteiger partial charge in [-0.3, -0.25) is 0 Å². The first-order chi connectivity index (χ1) is 10.00. The summed E-state index contributed by atoms with van der Waals surface area (Å²) in [4.78, 5) is 1.59. The van der Waals surface area contributed by atoms with Crippen molar-refractivity contribution < 1.29 is 8.42 Å². The van der Waals surface area contributed by atoms with Crippen LogP contribution in [0.4, 0.5) is 0 Å². The number of sulfonamides is 1. The molecule has 0 unspecified atom stereocenters. The van der Waals surface area contributed by atoms with Crippen molar-refractivity contribution in [3.8, 4) is 0 Å². The SMILES string of the molecule is Cc1ccc(C)c(S(=O)(=O)N2CCC[C@H]2c2cccs2)c1. The molecule has 1 atom stereocenters. The minimum absolute atomic E-state index is 0.00471. The molecule has 0 radical (unpaired) electrons. The summed E-state index contributed by atoms with van der Waals surface area (Å²) in [6, 6.07) is 9.64. The Hall–Kier alpha value is -1.17. The number of hydrogen-bond acceptors (Lipinski definition) is 3. The molecule has 3 rings (SSSR count). The van der Waals surface area contributed by atoms with E-state index in [4.69, 9.17) is 0 Å². The standard InChI is InChI=1S/C16H19NO2S2/c1-12-7-8-13(2)16(11-12)21(18,19)17-9-3-5-14(17)15-6-4-10-20-15/h4,6-8,10-11,14H,3,5,9H2,1-2H3/t14-/m0/s1. The van der Waals surface area contributed by atoms with E-state index in [-0.39, 0.29) is 6.04 Å². The van der Waals surface area contributed by atoms with Crippen LogP contribution in [0.3, 0.4) is 0 Å². The monoisotopic (exact) mass is 321 g/mol. The van der Waals surface area contributed by atoms with E-state index in [9.17, 15) is 8.42 Å². The van der Waals surface area contributed by atoms with Crippen LogP contribution < -0.4 is 0 Å². The smallest absolute Gasteiger partial charge is 0.207 e. The van der Waals surface area contributed by atoms with E-state index < -0.39 is 10.0 Å². The van der Waals surface area contributed by atoms with Crippen LogP contribution in [-0.4, -0.2) is 19.3 Å². The van der Waals surface area contributed by atoms with Crippen molar-refractivity contribution in [2.45, 2.75) is 37.6 Å². The van der Waals surface area contributed by atoms with E-state index in [0.717, 1.165) is 28.8 Å². The summed E-state index contributed by atoms with van der Waals surface area (Å²) < 4.78 is 27.8. The number of rotatable bonds is 3. The molecule has 21 heavy (non-hydrogen) atoms. The summed E-state index contributed by atoms with van der Waals surface area (Å²) in [5, 5.41) is 2.01. The number of hydrogen-bond donors (Lipinski definition) is 0. The van der Waals surface area contributed by atoms with Crippen LogP contribution in [0.5, 0.6) is 0 Å². The van der Waals surface area contributed by atoms with Gasteiger partial charge >= 0.3 is 0 Å². The fraction of sp³-hybridized carbons (Fsp3) is 0.375. The van der Waals surface area contributed by atoms with Gasteiger partial charge < -0.3 is 0 Å². The minimum Gasteiger partial charge on any atom is -0.207 e. The topological polar surface area (TPSA) is 37.4 Å². The van der Waals surface area contributed by atoms with Gasteiger partial charge in [0.2, 0.25) is 10.0 Å². The molecular weight excluding hydrogens is 302 g/mol. The lowest BCUT2D eigenvalue weighted by atomic mass is 10.2. The normalized spacial score (nSPS) is 20.0. The molecule has 0 spiro atoms. The zero-order valence-corrected chi connectivity index (χ0v) is 13.9. The van der Waals surface area contributed by atoms with Crippen LogP contribution in [0.1, 0.15) is 34.9 Å². The van der Waals surface area contributed by atoms with E-state index in [1.165, 1.54) is 0 Å². The van der Waals surface area contributed by atoms with Gasteiger partial charge in [-0.05, 0) is 55.3 Å². The molecule has 0 N–H and O–H groups in total. The van der Waals surface area contributed by atoms with Gasteiger partial charge in [-0.25, -0.2) is 8.42 Å². The molecule has 3 nitrogen and oxygen atoms in total. The van der Waals surface area contributed by atoms with Gasteiger partial charge in [-0.1, -0.05) is 18.2 Å². The fourth-order valence-corrected chi connectivity index (χ4v) is 5.83. The Labute approximate surface area is 130 Å². The number of thiophene rings is 1. The van der Waals surface area contributed by atoms with E-state index >= 15 is 0 Å². The van der Waals surface area contributed by atoms with Crippen molar-refractivity contribution in [1.82, 2.24) is 4.31 Å². The highest BCUT2D eigenvalue weighted by molar-refractivity contribution is 7.89. The van der Waals surface area contributed by atoms with E-state index in [1.54, 1.807) is 21.7 Å². The second-order valence-electron chi connectivity index (χ2n) is 5.56. The van der Waals surface area contributed by atoms with E-state index in [1.807, 2.05) is 43.5 Å². The van der Waals surface area contributed by atoms with Crippen LogP contribution in [-0.2, 0) is 10.0 Å². The molecule has 0 aliphatic carbocycles. The van der Waals surface area contributed by atoms with Crippen molar-refractivity contribution in [3.05, 3.63) is 51.7 Å². The van der Waals surface area contributed by atoms with Gasteiger partial charge in [-0.15, -0.1) is 11.3 Å². The van der Waals surface area contributed by atoms with Gasteiger partial charge in [0, 0.05) is 11.4 Å². The second-order valence-corrected chi connectivity index (χ2v) is 8.40. The summed E-state index contributed by atoms with van der Waals surface area (Å²) in [5.41, 5.74) is 1.79. The van der Waals surface area contributed by atoms with Crippen LogP contribution in [0.25, 0.3) is 0 Å². The molecule has 1 aliphatic rings. The Balaban J connectivity index is 2.03. The molecule has 1 saturated heterocycles. The maximum Gasteiger partial charge on any atom is 0.243 e. The largest absolute Gasteiger partial charge is 0.243 e. The molecule has 1 aliphatic heterocycles. The van der Waals surface area contributed by atoms with Crippen LogP contribution in [0.15, 0.2) is 40.6 Å². The van der Waals surface area contributed by atoms with Crippen LogP contribution >= 0.6 is 11.3 Å². The summed E-state index contributed by atoms with van der Waals surface area (Å²) in [6.45, 7) is 4.40. The number of aryl methyl sites for hydroxylation is 2. The van der Waals surface area contributed by atoms with Crippen molar-refractivity contribution in [2.75, 3.05) is 6.54 Å². The van der Waals surface area contributed by atoms with Gasteiger partial charge in [-0.2, -0.15) is 4.31 Å². The minimum atomic E-state index is -3.43. The van der Waals surface area contributed by atoms with E-state index in [2.05, 4.69) is 0 Å². The Morgan fingerprint density at radius 2 is 2.05 bits per heavy atom. The molecule has 0 bridgehead atoms. The highest BCUT2D eigenvalue weighted by atomic mass is 32.2. The third kappa shape index (κ3) is 2.65. The maximum absolute atomic E-state index is 13.0. The lowest BCUT2D eigenvalue weighted by Gasteiger charge is -2.24. The Morgan fingerprint density at radius 1 is 1.24 bits per heavy atom. The molecule has 1 fully saturated rings. The fourth-order valence-electron chi connectivity index (χ4n) is 2.90. The van der Waals surface area contributed by atoms with Crippen molar-refractivity contribution in [3.63, 3.8) is 0 Å². The van der Waals surface area contributed by atoms with Crippen molar-refractivity contribution in [1.29, 1.82) is 0 Å². The average Bonchev–Trinajstić information content (AvgIpc) is 3.10. The zero-order valence-electron chi connectivity index (χ0n) is 12.2. The zero-order chi connectivity index (χ0) is 15.0. The third-order valence-corrected chi connectivity index (χ3v) is 7.03. The maximum atomic E-state index is 13.0. The first kappa shape index (κ1) is 14.8. The van der Waals surface area contributed by atoms with Crippen molar-refractivity contribution in [2.24, 2.45) is 0 Å². The predicted molar refractivity (Wildman–Crippen MR) is 86.1 cm³/mol. The van der Waals surface area contributed by atoms with Crippen LogP contribution in [0.2, 0.25) is 0 Å². The van der Waals surface area contributed by atoms with Gasteiger partial charge in [0.25, 0.3) is 0 Å². The summed E-state index contributed by atoms with van der Waals surface area (Å²) in [5.74, 6) is 0. The molecular formula is C16H19NO2S2. The highest BCUT2D eigenvalue weighted by Gasteiger charge is 2.37. The Bertz CT molecular complexity index is 736. The quantitative estimate of drug-likeness (QED) is 0.860. The molecule has 5 heteroatoms. The van der Waals surface area contributed by atoms with Crippen molar-refractivity contribution >= 4 is 21.4 Å². The highest BCUT2D eigenvalue weighted by Crippen LogP contribution is 2.38. The van der Waals surface area contributed by atoms with E-state index in [0.29, 0.717) is 11.4 Å². The lowest BCUT2D eigenvalue weighted by Crippen LogP contribution is -2.30.